The molecule has 5 aromatic rings. The summed E-state index contributed by atoms with van der Waals surface area (Å²) >= 11 is 1.36. The zero-order valence-electron chi connectivity index (χ0n) is 23.2. The van der Waals surface area contributed by atoms with Crippen molar-refractivity contribution in [2.45, 2.75) is 43.4 Å². The molecule has 12 heteroatoms. The highest BCUT2D eigenvalue weighted by atomic mass is 32.2. The minimum atomic E-state index is -3.73. The molecule has 0 fully saturated rings. The lowest BCUT2D eigenvalue weighted by Crippen LogP contribution is -2.42. The van der Waals surface area contributed by atoms with Crippen molar-refractivity contribution >= 4 is 49.1 Å². The van der Waals surface area contributed by atoms with E-state index in [4.69, 9.17) is 0 Å². The third-order valence-electron chi connectivity index (χ3n) is 6.86. The van der Waals surface area contributed by atoms with Gasteiger partial charge in [-0.05, 0) is 68.3 Å². The summed E-state index contributed by atoms with van der Waals surface area (Å²) in [5.41, 5.74) is 2.82. The number of anilines is 2. The van der Waals surface area contributed by atoms with E-state index in [0.717, 1.165) is 17.5 Å². The molecular formula is C30H32N6O4S2. The van der Waals surface area contributed by atoms with Gasteiger partial charge in [0.1, 0.15) is 0 Å². The van der Waals surface area contributed by atoms with E-state index in [0.29, 0.717) is 28.5 Å². The molecule has 42 heavy (non-hydrogen) atoms. The summed E-state index contributed by atoms with van der Waals surface area (Å²) in [7, 11) is -3.73. The fourth-order valence-corrected chi connectivity index (χ4v) is 6.03. The van der Waals surface area contributed by atoms with E-state index >= 15 is 0 Å². The van der Waals surface area contributed by atoms with Gasteiger partial charge in [0.2, 0.25) is 0 Å². The number of aryl methyl sites for hydroxylation is 1. The number of carbonyl (C=O) groups excluding carboxylic acids is 1. The molecule has 1 amide bonds. The largest absolute Gasteiger partial charge is 0.387 e. The maximum atomic E-state index is 12.7. The Morgan fingerprint density at radius 3 is 2.62 bits per heavy atom. The van der Waals surface area contributed by atoms with E-state index in [2.05, 4.69) is 39.2 Å². The maximum absolute atomic E-state index is 12.7. The molecule has 218 valence electrons. The molecule has 0 saturated heterocycles. The van der Waals surface area contributed by atoms with Crippen molar-refractivity contribution in [3.63, 3.8) is 0 Å². The van der Waals surface area contributed by atoms with Crippen LogP contribution in [0.2, 0.25) is 0 Å². The number of amides is 1. The number of fused-ring (bicyclic) bond motifs is 1. The zero-order chi connectivity index (χ0) is 29.7. The van der Waals surface area contributed by atoms with Gasteiger partial charge in [0.05, 0.1) is 28.4 Å². The number of thiazole rings is 1. The van der Waals surface area contributed by atoms with E-state index in [-0.39, 0.29) is 22.9 Å². The van der Waals surface area contributed by atoms with Gasteiger partial charge < -0.3 is 15.0 Å². The van der Waals surface area contributed by atoms with Crippen LogP contribution in [0.4, 0.5) is 10.8 Å². The Morgan fingerprint density at radius 2 is 1.86 bits per heavy atom. The Bertz CT molecular complexity index is 1770. The van der Waals surface area contributed by atoms with Crippen molar-refractivity contribution in [1.82, 2.24) is 19.9 Å². The quantitative estimate of drug-likeness (QED) is 0.157. The van der Waals surface area contributed by atoms with Crippen molar-refractivity contribution in [3.8, 4) is 0 Å². The van der Waals surface area contributed by atoms with Crippen LogP contribution in [0.5, 0.6) is 0 Å². The number of hydrogen-bond acceptors (Lipinski definition) is 8. The lowest BCUT2D eigenvalue weighted by molar-refractivity contribution is 0.102. The van der Waals surface area contributed by atoms with Crippen LogP contribution < -0.4 is 15.4 Å². The Kier molecular flexibility index (Phi) is 8.69. The van der Waals surface area contributed by atoms with Crippen LogP contribution in [0, 0.1) is 0 Å². The third kappa shape index (κ3) is 7.21. The minimum Gasteiger partial charge on any atom is -0.387 e. The molecule has 2 heterocycles. The average molecular weight is 605 g/mol. The summed E-state index contributed by atoms with van der Waals surface area (Å²) in [6.07, 6.45) is 3.31. The molecule has 0 saturated carbocycles. The number of benzene rings is 3. The first kappa shape index (κ1) is 29.4. The van der Waals surface area contributed by atoms with Crippen LogP contribution in [-0.2, 0) is 16.6 Å². The molecule has 5 rings (SSSR count). The first-order chi connectivity index (χ1) is 20.1. The van der Waals surface area contributed by atoms with Gasteiger partial charge in [-0.15, -0.1) is 11.3 Å². The zero-order valence-corrected chi connectivity index (χ0v) is 24.8. The van der Waals surface area contributed by atoms with E-state index in [1.54, 1.807) is 72.5 Å². The average Bonchev–Trinajstić information content (AvgIpc) is 3.65. The number of carbonyl (C=O) groups is 1. The normalized spacial score (nSPS) is 12.7. The van der Waals surface area contributed by atoms with E-state index in [1.165, 1.54) is 23.5 Å². The van der Waals surface area contributed by atoms with Gasteiger partial charge in [0, 0.05) is 41.5 Å². The van der Waals surface area contributed by atoms with Crippen molar-refractivity contribution in [1.29, 1.82) is 0 Å². The number of aromatic nitrogens is 3. The monoisotopic (exact) mass is 604 g/mol. The molecule has 0 aliphatic rings. The third-order valence-corrected chi connectivity index (χ3v) is 8.95. The molecule has 2 aromatic heterocycles. The highest BCUT2D eigenvalue weighted by Crippen LogP contribution is 2.23. The van der Waals surface area contributed by atoms with Crippen LogP contribution in [-0.4, -0.2) is 46.1 Å². The Labute approximate surface area is 248 Å². The highest BCUT2D eigenvalue weighted by Gasteiger charge is 2.21. The predicted octanol–water partition coefficient (Wildman–Crippen LogP) is 5.04. The van der Waals surface area contributed by atoms with Gasteiger partial charge in [0.25, 0.3) is 15.9 Å². The first-order valence-corrected chi connectivity index (χ1v) is 15.7. The Hall–Kier alpha value is -4.10. The van der Waals surface area contributed by atoms with E-state index < -0.39 is 16.1 Å². The van der Waals surface area contributed by atoms with Crippen molar-refractivity contribution in [2.24, 2.45) is 0 Å². The molecule has 0 bridgehead atoms. The fraction of sp³-hybridized carbons (Fsp3) is 0.233. The SMILES string of the molecule is CC(C)(CCn1cnc2cc(C(=O)Nc3nccs3)ccc21)NC[C@H](O)c1cccc(NS(=O)(=O)c2ccccc2)c1. The molecule has 1 atom stereocenters. The molecule has 0 unspecified atom stereocenters. The van der Waals surface area contributed by atoms with Gasteiger partial charge in [-0.3, -0.25) is 14.8 Å². The topological polar surface area (TPSA) is 138 Å². The lowest BCUT2D eigenvalue weighted by atomic mass is 9.99. The number of aliphatic hydroxyl groups excluding tert-OH is 1. The number of rotatable bonds is 12. The Morgan fingerprint density at radius 1 is 1.05 bits per heavy atom. The molecule has 0 radical (unpaired) electrons. The fourth-order valence-electron chi connectivity index (χ4n) is 4.44. The summed E-state index contributed by atoms with van der Waals surface area (Å²) in [6, 6.07) is 20.4. The Balaban J connectivity index is 1.16. The van der Waals surface area contributed by atoms with Crippen LogP contribution >= 0.6 is 11.3 Å². The second-order valence-corrected chi connectivity index (χ2v) is 13.1. The van der Waals surface area contributed by atoms with Crippen molar-refractivity contribution in [3.05, 3.63) is 102 Å². The number of nitrogens with one attached hydrogen (secondary N) is 3. The van der Waals surface area contributed by atoms with Crippen LogP contribution in [0.1, 0.15) is 42.3 Å². The van der Waals surface area contributed by atoms with Crippen LogP contribution in [0.3, 0.4) is 0 Å². The lowest BCUT2D eigenvalue weighted by Gasteiger charge is -2.28. The van der Waals surface area contributed by atoms with Gasteiger partial charge in [-0.2, -0.15) is 0 Å². The van der Waals surface area contributed by atoms with Crippen molar-refractivity contribution in [2.75, 3.05) is 16.6 Å². The number of sulfonamides is 1. The molecule has 0 spiro atoms. The molecule has 10 nitrogen and oxygen atoms in total. The molecule has 4 N–H and O–H groups in total. The second-order valence-electron chi connectivity index (χ2n) is 10.5. The number of imidazole rings is 1. The highest BCUT2D eigenvalue weighted by molar-refractivity contribution is 7.92. The number of β-amino-alcohol motifs (C(OH)–C–C–N with tert-alkyl or cyclic N) is 1. The second kappa shape index (κ2) is 12.4. The molecular weight excluding hydrogens is 573 g/mol. The van der Waals surface area contributed by atoms with Crippen molar-refractivity contribution < 1.29 is 18.3 Å². The standard InChI is InChI=1S/C30H32N6O4S2/c1-30(2,13-15-36-20-32-25-18-22(11-12-26(25)36)28(38)34-29-31-14-16-41-29)33-19-27(37)21-7-6-8-23(17-21)35-42(39,40)24-9-4-3-5-10-24/h3-12,14,16-18,20,27,33,35,37H,13,15,19H2,1-2H3,(H,31,34,38)/t27-/m0/s1. The first-order valence-electron chi connectivity index (χ1n) is 13.4. The summed E-state index contributed by atoms with van der Waals surface area (Å²) < 4.78 is 30.0. The number of aliphatic hydroxyl groups is 1. The number of hydrogen-bond donors (Lipinski definition) is 4. The summed E-state index contributed by atoms with van der Waals surface area (Å²) in [6.45, 7) is 5.08. The van der Waals surface area contributed by atoms with Crippen LogP contribution in [0.25, 0.3) is 11.0 Å². The minimum absolute atomic E-state index is 0.169. The summed E-state index contributed by atoms with van der Waals surface area (Å²) in [5.74, 6) is -0.232. The van der Waals surface area contributed by atoms with Crippen LogP contribution in [0.15, 0.2) is 95.6 Å². The molecule has 3 aromatic carbocycles. The van der Waals surface area contributed by atoms with E-state index in [9.17, 15) is 18.3 Å². The molecule has 0 aliphatic heterocycles. The van der Waals surface area contributed by atoms with Gasteiger partial charge in [0.15, 0.2) is 5.13 Å². The molecule has 0 aliphatic carbocycles. The number of nitrogens with zero attached hydrogens (tertiary/aromatic N) is 3. The van der Waals surface area contributed by atoms with E-state index in [1.807, 2.05) is 10.6 Å². The van der Waals surface area contributed by atoms with Gasteiger partial charge in [-0.1, -0.05) is 30.3 Å². The maximum Gasteiger partial charge on any atom is 0.261 e. The summed E-state index contributed by atoms with van der Waals surface area (Å²) in [5, 5.41) is 19.4. The smallest absolute Gasteiger partial charge is 0.261 e. The summed E-state index contributed by atoms with van der Waals surface area (Å²) in [4.78, 5) is 21.3. The van der Waals surface area contributed by atoms with Gasteiger partial charge in [-0.25, -0.2) is 18.4 Å². The van der Waals surface area contributed by atoms with Gasteiger partial charge >= 0.3 is 0 Å². The predicted molar refractivity (Wildman–Crippen MR) is 165 cm³/mol.